The summed E-state index contributed by atoms with van der Waals surface area (Å²) in [6.07, 6.45) is 4.00. The standard InChI is InChI=1S/C3H2Br/c4-3-1-2-3/h1H2. The first kappa shape index (κ1) is 2.46. The van der Waals surface area contributed by atoms with E-state index < -0.39 is 0 Å². The molecule has 0 heterocycles. The van der Waals surface area contributed by atoms with E-state index in [0.29, 0.717) is 0 Å². The van der Waals surface area contributed by atoms with Crippen molar-refractivity contribution in [3.63, 3.8) is 0 Å². The first-order valence-electron chi connectivity index (χ1n) is 1.15. The van der Waals surface area contributed by atoms with Crippen LogP contribution in [0.3, 0.4) is 0 Å². The third-order valence-electron chi connectivity index (χ3n) is 0.310. The highest BCUT2D eigenvalue weighted by atomic mass is 79.9. The molecule has 0 fully saturated rings. The Morgan fingerprint density at radius 2 is 2.25 bits per heavy atom. The average Bonchev–Trinajstić information content (AvgIpc) is 1.75. The number of rotatable bonds is 0. The lowest BCUT2D eigenvalue weighted by molar-refractivity contribution is 1.65. The summed E-state index contributed by atoms with van der Waals surface area (Å²) in [7, 11) is 0. The largest absolute Gasteiger partial charge is 0.0550 e. The summed E-state index contributed by atoms with van der Waals surface area (Å²) >= 11 is 3.19. The first-order valence-corrected chi connectivity index (χ1v) is 1.94. The molecule has 0 spiro atoms. The molecule has 1 aliphatic carbocycles. The van der Waals surface area contributed by atoms with Crippen molar-refractivity contribution in [1.29, 1.82) is 0 Å². The van der Waals surface area contributed by atoms with Crippen LogP contribution in [0, 0.1) is 6.08 Å². The number of hydrogen-bond donors (Lipinski definition) is 0. The number of hydrogen-bond acceptors (Lipinski definition) is 0. The summed E-state index contributed by atoms with van der Waals surface area (Å²) in [6, 6.07) is 0. The highest BCUT2D eigenvalue weighted by Crippen LogP contribution is 2.22. The third kappa shape index (κ3) is 0.319. The van der Waals surface area contributed by atoms with E-state index in [0.717, 1.165) is 6.42 Å². The lowest BCUT2D eigenvalue weighted by Gasteiger charge is -1.42. The summed E-state index contributed by atoms with van der Waals surface area (Å²) < 4.78 is 1.23. The van der Waals surface area contributed by atoms with Crippen LogP contribution in [0.4, 0.5) is 0 Å². The molecule has 0 aromatic rings. The SMILES string of the molecule is BrC1=[C]C1. The van der Waals surface area contributed by atoms with Gasteiger partial charge in [0.15, 0.2) is 0 Å². The van der Waals surface area contributed by atoms with Crippen molar-refractivity contribution in [2.24, 2.45) is 0 Å². The summed E-state index contributed by atoms with van der Waals surface area (Å²) in [5.74, 6) is 0. The van der Waals surface area contributed by atoms with Gasteiger partial charge in [0.05, 0.1) is 0 Å². The fraction of sp³-hybridized carbons (Fsp3) is 0.333. The normalized spacial score (nSPS) is 19.8. The quantitative estimate of drug-likeness (QED) is 0.451. The molecule has 4 heavy (non-hydrogen) atoms. The molecular weight excluding hydrogens is 116 g/mol. The van der Waals surface area contributed by atoms with E-state index in [1.54, 1.807) is 0 Å². The smallest absolute Gasteiger partial charge is 0.00548 e. The van der Waals surface area contributed by atoms with Crippen molar-refractivity contribution in [3.8, 4) is 0 Å². The summed E-state index contributed by atoms with van der Waals surface area (Å²) in [5.41, 5.74) is 0. The van der Waals surface area contributed by atoms with Crippen molar-refractivity contribution in [2.75, 3.05) is 0 Å². The molecule has 1 aliphatic rings. The van der Waals surface area contributed by atoms with E-state index in [4.69, 9.17) is 0 Å². The Morgan fingerprint density at radius 1 is 2.00 bits per heavy atom. The van der Waals surface area contributed by atoms with Crippen molar-refractivity contribution >= 4 is 15.9 Å². The van der Waals surface area contributed by atoms with Gasteiger partial charge >= 0.3 is 0 Å². The molecule has 1 heteroatoms. The van der Waals surface area contributed by atoms with Gasteiger partial charge in [-0.1, -0.05) is 15.9 Å². The highest BCUT2D eigenvalue weighted by Gasteiger charge is 1.98. The molecule has 0 bridgehead atoms. The molecule has 0 unspecified atom stereocenters. The van der Waals surface area contributed by atoms with Gasteiger partial charge in [0.25, 0.3) is 0 Å². The van der Waals surface area contributed by atoms with Crippen LogP contribution in [0.2, 0.25) is 0 Å². The maximum absolute atomic E-state index is 3.19. The molecule has 1 radical (unpaired) electrons. The van der Waals surface area contributed by atoms with Gasteiger partial charge in [-0.2, -0.15) is 0 Å². The fourth-order valence-electron chi connectivity index (χ4n) is 0.0334. The van der Waals surface area contributed by atoms with Gasteiger partial charge in [-0.3, -0.25) is 0 Å². The monoisotopic (exact) mass is 117 g/mol. The molecule has 0 N–H and O–H groups in total. The zero-order valence-corrected chi connectivity index (χ0v) is 3.67. The van der Waals surface area contributed by atoms with E-state index in [2.05, 4.69) is 22.0 Å². The molecule has 21 valence electrons. The van der Waals surface area contributed by atoms with Gasteiger partial charge in [0, 0.05) is 10.9 Å². The second-order valence-corrected chi connectivity index (χ2v) is 1.72. The van der Waals surface area contributed by atoms with Gasteiger partial charge in [-0.05, 0) is 6.08 Å². The molecular formula is C3H2Br. The van der Waals surface area contributed by atoms with Gasteiger partial charge in [0.2, 0.25) is 0 Å². The molecule has 0 amide bonds. The van der Waals surface area contributed by atoms with E-state index in [-0.39, 0.29) is 0 Å². The average molecular weight is 118 g/mol. The molecule has 0 saturated heterocycles. The lowest BCUT2D eigenvalue weighted by atomic mass is 10.9. The molecule has 0 nitrogen and oxygen atoms in total. The van der Waals surface area contributed by atoms with Crippen molar-refractivity contribution in [1.82, 2.24) is 0 Å². The van der Waals surface area contributed by atoms with Gasteiger partial charge < -0.3 is 0 Å². The fourth-order valence-corrected chi connectivity index (χ4v) is 0.174. The predicted molar refractivity (Wildman–Crippen MR) is 20.3 cm³/mol. The Labute approximate surface area is 33.6 Å². The van der Waals surface area contributed by atoms with E-state index in [1.165, 1.54) is 4.48 Å². The Bertz CT molecular complexity index is 54.3. The molecule has 1 rings (SSSR count). The first-order chi connectivity index (χ1) is 1.89. The van der Waals surface area contributed by atoms with Crippen molar-refractivity contribution in [2.45, 2.75) is 6.42 Å². The zero-order chi connectivity index (χ0) is 2.99. The number of halogens is 1. The van der Waals surface area contributed by atoms with Crippen LogP contribution in [-0.4, -0.2) is 0 Å². The highest BCUT2D eigenvalue weighted by molar-refractivity contribution is 9.12. The Balaban J connectivity index is 2.54. The van der Waals surface area contributed by atoms with Crippen LogP contribution < -0.4 is 0 Å². The summed E-state index contributed by atoms with van der Waals surface area (Å²) in [6.45, 7) is 0. The van der Waals surface area contributed by atoms with Crippen LogP contribution in [0.15, 0.2) is 4.48 Å². The maximum atomic E-state index is 3.19. The Morgan fingerprint density at radius 3 is 2.25 bits per heavy atom. The predicted octanol–water partition coefficient (Wildman–Crippen LogP) is 1.47. The molecule has 0 saturated carbocycles. The van der Waals surface area contributed by atoms with Crippen LogP contribution in [0.25, 0.3) is 0 Å². The van der Waals surface area contributed by atoms with Crippen LogP contribution in [-0.2, 0) is 0 Å². The maximum Gasteiger partial charge on any atom is 0.00548 e. The number of allylic oxidation sites excluding steroid dienone is 2. The Hall–Kier alpha value is 0.220. The molecule has 0 aromatic carbocycles. The minimum Gasteiger partial charge on any atom is -0.0550 e. The van der Waals surface area contributed by atoms with Crippen LogP contribution in [0.5, 0.6) is 0 Å². The van der Waals surface area contributed by atoms with Gasteiger partial charge in [-0.15, -0.1) is 0 Å². The van der Waals surface area contributed by atoms with Gasteiger partial charge in [0.1, 0.15) is 0 Å². The summed E-state index contributed by atoms with van der Waals surface area (Å²) in [4.78, 5) is 0. The summed E-state index contributed by atoms with van der Waals surface area (Å²) in [5, 5.41) is 0. The zero-order valence-electron chi connectivity index (χ0n) is 2.09. The van der Waals surface area contributed by atoms with Gasteiger partial charge in [-0.25, -0.2) is 0 Å². The van der Waals surface area contributed by atoms with Crippen LogP contribution in [0.1, 0.15) is 6.42 Å². The molecule has 0 aromatic heterocycles. The molecule has 0 atom stereocenters. The minimum absolute atomic E-state index is 1.07. The van der Waals surface area contributed by atoms with E-state index >= 15 is 0 Å². The van der Waals surface area contributed by atoms with Crippen molar-refractivity contribution < 1.29 is 0 Å². The third-order valence-corrected chi connectivity index (χ3v) is 0.871. The van der Waals surface area contributed by atoms with Crippen molar-refractivity contribution in [3.05, 3.63) is 10.6 Å². The second kappa shape index (κ2) is 0.582. The topological polar surface area (TPSA) is 0 Å². The minimum atomic E-state index is 1.07. The van der Waals surface area contributed by atoms with E-state index in [1.807, 2.05) is 0 Å². The van der Waals surface area contributed by atoms with E-state index in [9.17, 15) is 0 Å². The Kier molecular flexibility index (Phi) is 0.358. The lowest BCUT2D eigenvalue weighted by Crippen LogP contribution is -1.14. The molecule has 0 aliphatic heterocycles. The second-order valence-electron chi connectivity index (χ2n) is 0.758. The van der Waals surface area contributed by atoms with Crippen LogP contribution >= 0.6 is 15.9 Å².